The number of halogens is 3. The summed E-state index contributed by atoms with van der Waals surface area (Å²) < 4.78 is 48.3. The van der Waals surface area contributed by atoms with Crippen molar-refractivity contribution in [1.29, 1.82) is 0 Å². The highest BCUT2D eigenvalue weighted by molar-refractivity contribution is 6.00. The number of aromatic nitrogens is 3. The number of rotatable bonds is 5. The predicted octanol–water partition coefficient (Wildman–Crippen LogP) is 5.05. The number of fused-ring (bicyclic) bond motifs is 1. The Morgan fingerprint density at radius 3 is 2.77 bits per heavy atom. The highest BCUT2D eigenvalue weighted by Crippen LogP contribution is 2.31. The van der Waals surface area contributed by atoms with E-state index in [1.807, 2.05) is 6.92 Å². The number of anilines is 1. The van der Waals surface area contributed by atoms with E-state index in [0.29, 0.717) is 17.6 Å². The van der Waals surface area contributed by atoms with E-state index in [1.165, 1.54) is 36.7 Å². The van der Waals surface area contributed by atoms with Crippen molar-refractivity contribution >= 4 is 23.0 Å². The largest absolute Gasteiger partial charge is 0.423 e. The quantitative estimate of drug-likeness (QED) is 0.429. The first-order valence-electron chi connectivity index (χ1n) is 11.3. The van der Waals surface area contributed by atoms with Gasteiger partial charge in [-0.2, -0.15) is 4.98 Å². The number of carbonyl (C=O) groups is 1. The number of amides is 1. The number of hydrogen-bond acceptors (Lipinski definition) is 6. The number of piperidine rings is 1. The molecule has 10 heteroatoms. The molecule has 1 N–H and O–H groups in total. The van der Waals surface area contributed by atoms with Crippen LogP contribution >= 0.6 is 0 Å². The summed E-state index contributed by atoms with van der Waals surface area (Å²) in [6.07, 6.45) is 4.52. The summed E-state index contributed by atoms with van der Waals surface area (Å²) in [7, 11) is 0. The maximum absolute atomic E-state index is 15.0. The Bertz CT molecular complexity index is 1380. The number of hydrogen-bond donors (Lipinski definition) is 1. The number of oxazole rings is 1. The molecule has 1 amide bonds. The van der Waals surface area contributed by atoms with Gasteiger partial charge in [-0.25, -0.2) is 23.1 Å². The second-order valence-corrected chi connectivity index (χ2v) is 8.55. The van der Waals surface area contributed by atoms with Crippen LogP contribution < -0.4 is 5.32 Å². The molecule has 1 aliphatic heterocycles. The van der Waals surface area contributed by atoms with Crippen LogP contribution in [-0.2, 0) is 0 Å². The summed E-state index contributed by atoms with van der Waals surface area (Å²) in [6.45, 7) is 2.63. The van der Waals surface area contributed by atoms with Crippen molar-refractivity contribution < 1.29 is 22.4 Å². The topological polar surface area (TPSA) is 84.2 Å². The van der Waals surface area contributed by atoms with E-state index in [-0.39, 0.29) is 35.9 Å². The van der Waals surface area contributed by atoms with Crippen LogP contribution in [0.2, 0.25) is 0 Å². The number of nitrogens with one attached hydrogen (secondary N) is 1. The minimum absolute atomic E-state index is 0.0649. The number of nitrogens with zero attached hydrogens (tertiary/aromatic N) is 4. The predicted molar refractivity (Wildman–Crippen MR) is 123 cm³/mol. The smallest absolute Gasteiger partial charge is 0.295 e. The van der Waals surface area contributed by atoms with Crippen molar-refractivity contribution in [1.82, 2.24) is 19.9 Å². The van der Waals surface area contributed by atoms with Crippen molar-refractivity contribution in [3.63, 3.8) is 0 Å². The SMILES string of the molecule is C[C@@H]1CCCN(C(=O)c2c(-c3ncccn3)ccc(F)c2F)[C@@H]1CNc1nc2ccc(F)cc2o1. The van der Waals surface area contributed by atoms with E-state index in [1.54, 1.807) is 11.0 Å². The Labute approximate surface area is 199 Å². The minimum Gasteiger partial charge on any atom is -0.423 e. The Balaban J connectivity index is 1.45. The van der Waals surface area contributed by atoms with E-state index in [2.05, 4.69) is 20.3 Å². The molecule has 0 radical (unpaired) electrons. The molecule has 0 aliphatic carbocycles. The molecule has 180 valence electrons. The van der Waals surface area contributed by atoms with Gasteiger partial charge in [-0.1, -0.05) is 6.92 Å². The van der Waals surface area contributed by atoms with Crippen molar-refractivity contribution in [3.05, 3.63) is 71.8 Å². The second-order valence-electron chi connectivity index (χ2n) is 8.55. The summed E-state index contributed by atoms with van der Waals surface area (Å²) in [4.78, 5) is 27.7. The average Bonchev–Trinajstić information content (AvgIpc) is 3.26. The fourth-order valence-electron chi connectivity index (χ4n) is 4.51. The van der Waals surface area contributed by atoms with Crippen LogP contribution in [0.5, 0.6) is 0 Å². The van der Waals surface area contributed by atoms with Crippen LogP contribution in [-0.4, -0.2) is 44.9 Å². The maximum Gasteiger partial charge on any atom is 0.295 e. The highest BCUT2D eigenvalue weighted by atomic mass is 19.2. The molecular formula is C25H22F3N5O2. The molecule has 7 nitrogen and oxygen atoms in total. The number of benzene rings is 2. The molecule has 2 atom stereocenters. The molecule has 0 bridgehead atoms. The van der Waals surface area contributed by atoms with Crippen LogP contribution in [0.4, 0.5) is 19.2 Å². The van der Waals surface area contributed by atoms with Gasteiger partial charge < -0.3 is 14.6 Å². The highest BCUT2D eigenvalue weighted by Gasteiger charge is 2.35. The number of likely N-dealkylation sites (tertiary alicyclic amines) is 1. The third-order valence-electron chi connectivity index (χ3n) is 6.30. The molecule has 2 aromatic carbocycles. The lowest BCUT2D eigenvalue weighted by molar-refractivity contribution is 0.0534. The third-order valence-corrected chi connectivity index (χ3v) is 6.30. The fraction of sp³-hybridized carbons (Fsp3) is 0.280. The van der Waals surface area contributed by atoms with Gasteiger partial charge in [0, 0.05) is 37.1 Å². The first kappa shape index (κ1) is 22.8. The van der Waals surface area contributed by atoms with Gasteiger partial charge in [-0.05, 0) is 49.1 Å². The molecule has 1 aliphatic rings. The van der Waals surface area contributed by atoms with Gasteiger partial charge in [0.05, 0.1) is 11.6 Å². The Morgan fingerprint density at radius 2 is 1.97 bits per heavy atom. The molecule has 0 unspecified atom stereocenters. The fourth-order valence-corrected chi connectivity index (χ4v) is 4.51. The van der Waals surface area contributed by atoms with Crippen LogP contribution in [0.1, 0.15) is 30.1 Å². The first-order chi connectivity index (χ1) is 16.9. The zero-order chi connectivity index (χ0) is 24.5. The van der Waals surface area contributed by atoms with E-state index in [9.17, 15) is 13.6 Å². The van der Waals surface area contributed by atoms with Gasteiger partial charge in [-0.15, -0.1) is 0 Å². The van der Waals surface area contributed by atoms with Crippen molar-refractivity contribution in [3.8, 4) is 11.4 Å². The van der Waals surface area contributed by atoms with E-state index in [0.717, 1.165) is 18.9 Å². The van der Waals surface area contributed by atoms with Crippen molar-refractivity contribution in [2.45, 2.75) is 25.8 Å². The molecule has 1 saturated heterocycles. The van der Waals surface area contributed by atoms with Gasteiger partial charge in [0.25, 0.3) is 11.9 Å². The Morgan fingerprint density at radius 1 is 1.17 bits per heavy atom. The van der Waals surface area contributed by atoms with Crippen LogP contribution in [0.3, 0.4) is 0 Å². The van der Waals surface area contributed by atoms with Gasteiger partial charge >= 0.3 is 0 Å². The Hall–Kier alpha value is -3.95. The van der Waals surface area contributed by atoms with Crippen LogP contribution in [0.25, 0.3) is 22.5 Å². The average molecular weight is 481 g/mol. The molecule has 1 fully saturated rings. The summed E-state index contributed by atoms with van der Waals surface area (Å²) >= 11 is 0. The minimum atomic E-state index is -1.23. The van der Waals surface area contributed by atoms with E-state index in [4.69, 9.17) is 4.42 Å². The lowest BCUT2D eigenvalue weighted by atomic mass is 9.89. The van der Waals surface area contributed by atoms with E-state index < -0.39 is 28.9 Å². The van der Waals surface area contributed by atoms with Crippen molar-refractivity contribution in [2.75, 3.05) is 18.4 Å². The maximum atomic E-state index is 15.0. The van der Waals surface area contributed by atoms with E-state index >= 15 is 4.39 Å². The normalized spacial score (nSPS) is 18.1. The summed E-state index contributed by atoms with van der Waals surface area (Å²) in [5, 5.41) is 3.08. The lowest BCUT2D eigenvalue weighted by Gasteiger charge is -2.40. The van der Waals surface area contributed by atoms with Crippen LogP contribution in [0, 0.1) is 23.4 Å². The second kappa shape index (κ2) is 9.36. The zero-order valence-corrected chi connectivity index (χ0v) is 18.8. The van der Waals surface area contributed by atoms with Crippen LogP contribution in [0.15, 0.2) is 53.2 Å². The molecule has 5 rings (SSSR count). The van der Waals surface area contributed by atoms with Gasteiger partial charge in [-0.3, -0.25) is 4.79 Å². The molecular weight excluding hydrogens is 459 g/mol. The molecule has 2 aromatic heterocycles. The molecule has 3 heterocycles. The summed E-state index contributed by atoms with van der Waals surface area (Å²) in [5.41, 5.74) is 0.521. The van der Waals surface area contributed by atoms with Gasteiger partial charge in [0.1, 0.15) is 11.3 Å². The monoisotopic (exact) mass is 481 g/mol. The summed E-state index contributed by atoms with van der Waals surface area (Å²) in [6, 6.07) is 7.76. The standard InChI is InChI=1S/C25H22F3N5O2/c1-14-4-2-11-33(19(14)13-31-25-32-18-8-5-15(26)12-20(18)35-25)24(34)21-16(6-7-17(27)22(21)28)23-29-9-3-10-30-23/h3,5-10,12,14,19H,2,4,11,13H2,1H3,(H,31,32)/t14-,19-/m1/s1. The molecule has 0 spiro atoms. The van der Waals surface area contributed by atoms with Gasteiger partial charge in [0.15, 0.2) is 23.0 Å². The Kier molecular flexibility index (Phi) is 6.10. The molecule has 4 aromatic rings. The van der Waals surface area contributed by atoms with Crippen molar-refractivity contribution in [2.24, 2.45) is 5.92 Å². The van der Waals surface area contributed by atoms with Gasteiger partial charge in [0.2, 0.25) is 0 Å². The molecule has 0 saturated carbocycles. The zero-order valence-electron chi connectivity index (χ0n) is 18.8. The first-order valence-corrected chi connectivity index (χ1v) is 11.3. The third kappa shape index (κ3) is 4.43. The molecule has 35 heavy (non-hydrogen) atoms. The number of carbonyl (C=O) groups excluding carboxylic acids is 1. The lowest BCUT2D eigenvalue weighted by Crippen LogP contribution is -2.51. The summed E-state index contributed by atoms with van der Waals surface area (Å²) in [5.74, 6) is -3.23.